The van der Waals surface area contributed by atoms with E-state index in [1.807, 2.05) is 0 Å². The van der Waals surface area contributed by atoms with Crippen molar-refractivity contribution in [2.24, 2.45) is 0 Å². The zero-order valence-corrected chi connectivity index (χ0v) is 9.09. The average molecular weight is 234 g/mol. The molecule has 0 spiro atoms. The standard InChI is InChI=1S/Ca.Co.Fe.Si.V. The zero-order valence-electron chi connectivity index (χ0n) is 2.34. The van der Waals surface area contributed by atoms with Crippen LogP contribution in [0, 0.1) is 0 Å². The van der Waals surface area contributed by atoms with Crippen LogP contribution in [0.1, 0.15) is 0 Å². The molecule has 0 amide bonds. The fourth-order valence-corrected chi connectivity index (χ4v) is 0. The van der Waals surface area contributed by atoms with Crippen molar-refractivity contribution in [2.45, 2.75) is 0 Å². The molecule has 0 aliphatic heterocycles. The Morgan fingerprint density at radius 3 is 1.00 bits per heavy atom. The van der Waals surface area contributed by atoms with Gasteiger partial charge in [0.25, 0.3) is 0 Å². The summed E-state index contributed by atoms with van der Waals surface area (Å²) in [5.74, 6) is 0. The molecule has 0 rings (SSSR count). The number of hydrogen-bond acceptors (Lipinski definition) is 0. The molecule has 0 atom stereocenters. The van der Waals surface area contributed by atoms with Crippen LogP contribution in [0.4, 0.5) is 0 Å². The Morgan fingerprint density at radius 1 is 1.00 bits per heavy atom. The third kappa shape index (κ3) is 19.2. The van der Waals surface area contributed by atoms with Gasteiger partial charge in [0, 0.05) is 101 Å². The predicted octanol–water partition coefficient (Wildman–Crippen LogP) is -0.769. The Kier molecular flexibility index (Phi) is 235. The first-order valence-electron chi connectivity index (χ1n) is 0. The predicted molar refractivity (Wildman–Crippen MR) is 11.5 cm³/mol. The molecular weight excluding hydrogens is 234 g/mol. The molecule has 0 N–H and O–H groups in total. The summed E-state index contributed by atoms with van der Waals surface area (Å²) in [5, 5.41) is 0. The van der Waals surface area contributed by atoms with E-state index in [0.29, 0.717) is 0 Å². The van der Waals surface area contributed by atoms with Crippen molar-refractivity contribution in [3.05, 3.63) is 0 Å². The van der Waals surface area contributed by atoms with Crippen molar-refractivity contribution in [2.75, 3.05) is 0 Å². The Bertz CT molecular complexity index is 11.6. The van der Waals surface area contributed by atoms with Gasteiger partial charge in [-0.3, -0.25) is 0 Å². The van der Waals surface area contributed by atoms with Gasteiger partial charge >= 0.3 is 0 Å². The fourth-order valence-electron chi connectivity index (χ4n) is 0. The van der Waals surface area contributed by atoms with Gasteiger partial charge in [-0.25, -0.2) is 0 Å². The number of rotatable bonds is 0. The minimum absolute atomic E-state index is 0. The van der Waals surface area contributed by atoms with Gasteiger partial charge in [0.05, 0.1) is 0 Å². The van der Waals surface area contributed by atoms with Gasteiger partial charge in [0.2, 0.25) is 0 Å². The quantitative estimate of drug-likeness (QED) is 0.483. The first-order valence-corrected chi connectivity index (χ1v) is 0. The SMILES string of the molecule is [Ca].[Co].[Fe].[Si].[V]. The normalized spacial score (nSPS) is 0. The van der Waals surface area contributed by atoms with Crippen LogP contribution in [0.3, 0.4) is 0 Å². The molecule has 0 aliphatic carbocycles. The van der Waals surface area contributed by atoms with Crippen LogP contribution >= 0.6 is 0 Å². The summed E-state index contributed by atoms with van der Waals surface area (Å²) in [7, 11) is 0. The minimum atomic E-state index is 0. The molecule has 0 aromatic heterocycles. The minimum Gasteiger partial charge on any atom is 0 e. The van der Waals surface area contributed by atoms with Crippen LogP contribution in [0.25, 0.3) is 0 Å². The van der Waals surface area contributed by atoms with E-state index in [4.69, 9.17) is 0 Å². The van der Waals surface area contributed by atoms with Gasteiger partial charge in [-0.05, 0) is 0 Å². The van der Waals surface area contributed by atoms with Crippen molar-refractivity contribution in [3.8, 4) is 0 Å². The summed E-state index contributed by atoms with van der Waals surface area (Å²) in [6.45, 7) is 0. The third-order valence-corrected chi connectivity index (χ3v) is 0. The summed E-state index contributed by atoms with van der Waals surface area (Å²) in [6, 6.07) is 0. The van der Waals surface area contributed by atoms with Crippen molar-refractivity contribution in [1.29, 1.82) is 0 Å². The van der Waals surface area contributed by atoms with Crippen LogP contribution in [0.15, 0.2) is 0 Å². The van der Waals surface area contributed by atoms with Gasteiger partial charge in [-0.2, -0.15) is 0 Å². The zero-order chi connectivity index (χ0) is 0. The van der Waals surface area contributed by atoms with Crippen LogP contribution in [-0.4, -0.2) is 48.7 Å². The van der Waals surface area contributed by atoms with E-state index in [-0.39, 0.29) is 101 Å². The van der Waals surface area contributed by atoms with Crippen LogP contribution < -0.4 is 0 Å². The van der Waals surface area contributed by atoms with Gasteiger partial charge < -0.3 is 0 Å². The van der Waals surface area contributed by atoms with Gasteiger partial charge in [-0.15, -0.1) is 0 Å². The third-order valence-electron chi connectivity index (χ3n) is 0. The van der Waals surface area contributed by atoms with Crippen LogP contribution in [0.2, 0.25) is 0 Å². The maximum Gasteiger partial charge on any atom is 0 e. The average Bonchev–Trinajstić information content (AvgIpc) is 0. The summed E-state index contributed by atoms with van der Waals surface area (Å²) in [5.41, 5.74) is 0. The summed E-state index contributed by atoms with van der Waals surface area (Å²) >= 11 is 0. The molecule has 0 fully saturated rings. The van der Waals surface area contributed by atoms with Crippen LogP contribution in [-0.2, 0) is 52.4 Å². The van der Waals surface area contributed by atoms with Gasteiger partial charge in [-0.1, -0.05) is 0 Å². The van der Waals surface area contributed by atoms with E-state index >= 15 is 0 Å². The smallest absolute Gasteiger partial charge is 0 e. The van der Waals surface area contributed by atoms with Crippen molar-refractivity contribution in [3.63, 3.8) is 0 Å². The van der Waals surface area contributed by atoms with Crippen molar-refractivity contribution in [1.82, 2.24) is 0 Å². The molecule has 0 saturated heterocycles. The second-order valence-corrected chi connectivity index (χ2v) is 0. The molecule has 0 aliphatic rings. The molecule has 0 aromatic rings. The summed E-state index contributed by atoms with van der Waals surface area (Å²) in [4.78, 5) is 0. The van der Waals surface area contributed by atoms with E-state index in [0.717, 1.165) is 0 Å². The monoisotopic (exact) mass is 234 g/mol. The molecule has 0 saturated carbocycles. The van der Waals surface area contributed by atoms with Crippen molar-refractivity contribution >= 4 is 48.7 Å². The van der Waals surface area contributed by atoms with Crippen LogP contribution in [0.5, 0.6) is 0 Å². The Hall–Kier alpha value is 3.09. The maximum atomic E-state index is 0. The van der Waals surface area contributed by atoms with Gasteiger partial charge in [0.1, 0.15) is 0 Å². The second-order valence-electron chi connectivity index (χ2n) is 0. The first-order chi connectivity index (χ1) is 0. The molecule has 0 aromatic carbocycles. The maximum absolute atomic E-state index is 0. The van der Waals surface area contributed by atoms with E-state index in [1.165, 1.54) is 0 Å². The summed E-state index contributed by atoms with van der Waals surface area (Å²) in [6.07, 6.45) is 0. The van der Waals surface area contributed by atoms with E-state index in [9.17, 15) is 0 Å². The van der Waals surface area contributed by atoms with E-state index in [2.05, 4.69) is 0 Å². The molecule has 0 bridgehead atoms. The van der Waals surface area contributed by atoms with Crippen molar-refractivity contribution < 1.29 is 52.4 Å². The molecule has 0 nitrogen and oxygen atoms in total. The Morgan fingerprint density at radius 2 is 1.00 bits per heavy atom. The fraction of sp³-hybridized carbons (Fsp3) is 0. The van der Waals surface area contributed by atoms with E-state index in [1.54, 1.807) is 0 Å². The Labute approximate surface area is 99.2 Å². The summed E-state index contributed by atoms with van der Waals surface area (Å²) < 4.78 is 0. The Balaban J connectivity index is 0. The second kappa shape index (κ2) is 27.6. The van der Waals surface area contributed by atoms with Gasteiger partial charge in [0.15, 0.2) is 0 Å². The molecule has 8 radical (unpaired) electrons. The molecule has 5 heteroatoms. The van der Waals surface area contributed by atoms with E-state index < -0.39 is 0 Å². The molecule has 0 heterocycles. The molecule has 0 unspecified atom stereocenters. The molecule has 28 valence electrons. The topological polar surface area (TPSA) is 0 Å². The largest absolute Gasteiger partial charge is 0 e. The first kappa shape index (κ1) is 42.6. The molecule has 5 heavy (non-hydrogen) atoms. The molecular formula is CaCoFeSiV. The number of hydrogen-bond donors (Lipinski definition) is 0.